The van der Waals surface area contributed by atoms with Crippen molar-refractivity contribution >= 4 is 23.3 Å². The van der Waals surface area contributed by atoms with Gasteiger partial charge in [-0.1, -0.05) is 0 Å². The molecule has 2 rings (SSSR count). The first-order valence-electron chi connectivity index (χ1n) is 4.55. The summed E-state index contributed by atoms with van der Waals surface area (Å²) in [7, 11) is 0. The lowest BCUT2D eigenvalue weighted by molar-refractivity contribution is 0.404. The lowest BCUT2D eigenvalue weighted by atomic mass is 10.1. The van der Waals surface area contributed by atoms with Gasteiger partial charge in [-0.15, -0.1) is 0 Å². The van der Waals surface area contributed by atoms with E-state index in [1.165, 1.54) is 0 Å². The van der Waals surface area contributed by atoms with E-state index in [-0.39, 0.29) is 5.54 Å². The summed E-state index contributed by atoms with van der Waals surface area (Å²) in [6.45, 7) is 6.41. The van der Waals surface area contributed by atoms with E-state index < -0.39 is 0 Å². The molecule has 2 aromatic rings. The molecule has 0 saturated heterocycles. The molecule has 2 aromatic heterocycles. The maximum Gasteiger partial charge on any atom is 0.178 e. The number of hydrogen-bond donors (Lipinski definition) is 1. The molecule has 0 aliphatic rings. The first-order valence-corrected chi connectivity index (χ1v) is 4.96. The molecular weight excluding hydrogens is 194 g/mol. The molecule has 0 unspecified atom stereocenters. The summed E-state index contributed by atoms with van der Waals surface area (Å²) < 4.78 is 2.86. The second kappa shape index (κ2) is 2.92. The summed E-state index contributed by atoms with van der Waals surface area (Å²) in [5.74, 6) is 0. The number of aromatic nitrogens is 3. The third-order valence-corrected chi connectivity index (χ3v) is 2.44. The van der Waals surface area contributed by atoms with Crippen LogP contribution in [0.3, 0.4) is 0 Å². The van der Waals surface area contributed by atoms with Gasteiger partial charge in [0.15, 0.2) is 4.77 Å². The van der Waals surface area contributed by atoms with Crippen LogP contribution in [0.1, 0.15) is 20.8 Å². The van der Waals surface area contributed by atoms with Gasteiger partial charge in [0.1, 0.15) is 0 Å². The average Bonchev–Trinajstić information content (AvgIpc) is 2.38. The van der Waals surface area contributed by atoms with Crippen LogP contribution in [0.2, 0.25) is 0 Å². The lowest BCUT2D eigenvalue weighted by Crippen LogP contribution is -2.21. The number of pyridine rings is 1. The van der Waals surface area contributed by atoms with E-state index in [4.69, 9.17) is 12.2 Å². The van der Waals surface area contributed by atoms with Gasteiger partial charge in [-0.3, -0.25) is 4.98 Å². The highest BCUT2D eigenvalue weighted by Gasteiger charge is 2.17. The van der Waals surface area contributed by atoms with Crippen LogP contribution in [0.4, 0.5) is 0 Å². The molecule has 74 valence electrons. The quantitative estimate of drug-likeness (QED) is 0.674. The number of H-pyrrole nitrogens is 1. The fourth-order valence-electron chi connectivity index (χ4n) is 1.62. The highest BCUT2D eigenvalue weighted by Crippen LogP contribution is 2.21. The van der Waals surface area contributed by atoms with Gasteiger partial charge in [0.05, 0.1) is 17.2 Å². The van der Waals surface area contributed by atoms with Crippen LogP contribution in [0.15, 0.2) is 18.5 Å². The van der Waals surface area contributed by atoms with Crippen LogP contribution >= 0.6 is 12.2 Å². The van der Waals surface area contributed by atoms with Gasteiger partial charge in [0.2, 0.25) is 0 Å². The summed E-state index contributed by atoms with van der Waals surface area (Å²) in [4.78, 5) is 7.21. The van der Waals surface area contributed by atoms with Crippen LogP contribution in [-0.2, 0) is 5.54 Å². The molecule has 0 saturated carbocycles. The van der Waals surface area contributed by atoms with Gasteiger partial charge in [-0.25, -0.2) is 0 Å². The summed E-state index contributed by atoms with van der Waals surface area (Å²) in [5.41, 5.74) is 2.10. The minimum Gasteiger partial charge on any atom is -0.329 e. The van der Waals surface area contributed by atoms with Crippen LogP contribution in [0.25, 0.3) is 11.0 Å². The molecule has 0 bridgehead atoms. The van der Waals surface area contributed by atoms with Crippen LogP contribution in [0, 0.1) is 4.77 Å². The van der Waals surface area contributed by atoms with E-state index in [1.54, 1.807) is 12.4 Å². The Morgan fingerprint density at radius 1 is 1.43 bits per heavy atom. The molecule has 4 heteroatoms. The molecule has 0 spiro atoms. The predicted octanol–water partition coefficient (Wildman–Crippen LogP) is 2.85. The SMILES string of the molecule is CC(C)(C)n1c(=S)[nH]c2cnccc21. The number of aromatic amines is 1. The normalized spacial score (nSPS) is 12.2. The van der Waals surface area contributed by atoms with Crippen molar-refractivity contribution in [3.63, 3.8) is 0 Å². The van der Waals surface area contributed by atoms with Gasteiger partial charge < -0.3 is 9.55 Å². The Bertz CT molecular complexity index is 516. The molecule has 0 aromatic carbocycles. The van der Waals surface area contributed by atoms with Crippen molar-refractivity contribution in [1.29, 1.82) is 0 Å². The molecule has 0 aliphatic heterocycles. The Morgan fingerprint density at radius 2 is 2.14 bits per heavy atom. The third-order valence-electron chi connectivity index (χ3n) is 2.15. The Labute approximate surface area is 87.8 Å². The van der Waals surface area contributed by atoms with E-state index in [2.05, 4.69) is 35.3 Å². The fraction of sp³-hybridized carbons (Fsp3) is 0.400. The molecule has 14 heavy (non-hydrogen) atoms. The van der Waals surface area contributed by atoms with Crippen molar-refractivity contribution in [3.05, 3.63) is 23.2 Å². The zero-order valence-electron chi connectivity index (χ0n) is 8.53. The number of fused-ring (bicyclic) bond motifs is 1. The largest absolute Gasteiger partial charge is 0.329 e. The van der Waals surface area contributed by atoms with Crippen molar-refractivity contribution in [1.82, 2.24) is 14.5 Å². The topological polar surface area (TPSA) is 33.6 Å². The number of nitrogens with one attached hydrogen (secondary N) is 1. The standard InChI is InChI=1S/C10H13N3S/c1-10(2,3)13-8-4-5-11-6-7(8)12-9(13)14/h4-6H,1-3H3,(H,12,14). The fourth-order valence-corrected chi connectivity index (χ4v) is 2.11. The molecule has 0 radical (unpaired) electrons. The second-order valence-electron chi connectivity index (χ2n) is 4.33. The van der Waals surface area contributed by atoms with Crippen molar-refractivity contribution in [2.24, 2.45) is 0 Å². The molecule has 2 heterocycles. The van der Waals surface area contributed by atoms with Gasteiger partial charge in [-0.05, 0) is 39.1 Å². The zero-order valence-corrected chi connectivity index (χ0v) is 9.35. The van der Waals surface area contributed by atoms with Crippen LogP contribution in [-0.4, -0.2) is 14.5 Å². The highest BCUT2D eigenvalue weighted by molar-refractivity contribution is 7.71. The zero-order chi connectivity index (χ0) is 10.3. The van der Waals surface area contributed by atoms with E-state index in [0.29, 0.717) is 0 Å². The van der Waals surface area contributed by atoms with Gasteiger partial charge in [-0.2, -0.15) is 0 Å². The first kappa shape index (κ1) is 9.40. The van der Waals surface area contributed by atoms with E-state index in [9.17, 15) is 0 Å². The number of nitrogens with zero attached hydrogens (tertiary/aromatic N) is 2. The summed E-state index contributed by atoms with van der Waals surface area (Å²) in [6.07, 6.45) is 3.58. The molecule has 1 N–H and O–H groups in total. The molecule has 3 nitrogen and oxygen atoms in total. The van der Waals surface area contributed by atoms with Gasteiger partial charge in [0, 0.05) is 11.7 Å². The summed E-state index contributed by atoms with van der Waals surface area (Å²) in [5, 5.41) is 0. The predicted molar refractivity (Wildman–Crippen MR) is 59.9 cm³/mol. The van der Waals surface area contributed by atoms with E-state index in [0.717, 1.165) is 15.8 Å². The van der Waals surface area contributed by atoms with Crippen molar-refractivity contribution in [3.8, 4) is 0 Å². The molecular formula is C10H13N3S. The molecule has 0 amide bonds. The number of rotatable bonds is 0. The van der Waals surface area contributed by atoms with Gasteiger partial charge >= 0.3 is 0 Å². The van der Waals surface area contributed by atoms with Crippen molar-refractivity contribution in [2.45, 2.75) is 26.3 Å². The highest BCUT2D eigenvalue weighted by atomic mass is 32.1. The Morgan fingerprint density at radius 3 is 2.79 bits per heavy atom. The maximum atomic E-state index is 5.28. The lowest BCUT2D eigenvalue weighted by Gasteiger charge is -2.21. The average molecular weight is 207 g/mol. The monoisotopic (exact) mass is 207 g/mol. The van der Waals surface area contributed by atoms with Crippen LogP contribution in [0.5, 0.6) is 0 Å². The number of imidazole rings is 1. The van der Waals surface area contributed by atoms with Gasteiger partial charge in [0.25, 0.3) is 0 Å². The number of hydrogen-bond acceptors (Lipinski definition) is 2. The van der Waals surface area contributed by atoms with E-state index in [1.807, 2.05) is 6.07 Å². The molecule has 0 atom stereocenters. The minimum atomic E-state index is -0.00329. The van der Waals surface area contributed by atoms with Crippen LogP contribution < -0.4 is 0 Å². The molecule has 0 aliphatic carbocycles. The Hall–Kier alpha value is -1.16. The second-order valence-corrected chi connectivity index (χ2v) is 4.72. The summed E-state index contributed by atoms with van der Waals surface area (Å²) >= 11 is 5.28. The smallest absolute Gasteiger partial charge is 0.178 e. The molecule has 0 fully saturated rings. The minimum absolute atomic E-state index is 0.00329. The summed E-state index contributed by atoms with van der Waals surface area (Å²) in [6, 6.07) is 1.98. The van der Waals surface area contributed by atoms with Crippen molar-refractivity contribution in [2.75, 3.05) is 0 Å². The first-order chi connectivity index (χ1) is 6.50. The van der Waals surface area contributed by atoms with Crippen molar-refractivity contribution < 1.29 is 0 Å². The Kier molecular flexibility index (Phi) is 1.96. The Balaban J connectivity index is 2.88. The maximum absolute atomic E-state index is 5.28. The van der Waals surface area contributed by atoms with E-state index >= 15 is 0 Å². The third kappa shape index (κ3) is 1.35.